The predicted octanol–water partition coefficient (Wildman–Crippen LogP) is 4.72. The fourth-order valence-corrected chi connectivity index (χ4v) is 8.25. The molecule has 8 nitrogen and oxygen atoms in total. The highest BCUT2D eigenvalue weighted by atomic mass is 16.6. The van der Waals surface area contributed by atoms with Gasteiger partial charge in [-0.2, -0.15) is 0 Å². The van der Waals surface area contributed by atoms with Crippen LogP contribution in [0, 0.1) is 11.8 Å². The molecule has 4 aliphatic rings. The van der Waals surface area contributed by atoms with Gasteiger partial charge >= 0.3 is 5.97 Å². The van der Waals surface area contributed by atoms with Gasteiger partial charge in [0.1, 0.15) is 18.7 Å². The summed E-state index contributed by atoms with van der Waals surface area (Å²) in [4.78, 5) is 38.3. The number of carbonyl (C=O) groups is 1. The maximum Gasteiger partial charge on any atom is 0.313 e. The average molecular weight is 507 g/mol. The minimum atomic E-state index is -1.08. The van der Waals surface area contributed by atoms with E-state index in [-0.39, 0.29) is 23.7 Å². The number of rotatable bonds is 7. The number of carboxylic acids is 1. The third kappa shape index (κ3) is 4.58. The van der Waals surface area contributed by atoms with Crippen molar-refractivity contribution in [1.29, 1.82) is 0 Å². The van der Waals surface area contributed by atoms with E-state index in [1.54, 1.807) is 0 Å². The number of fused-ring (bicyclic) bond motifs is 5. The molecule has 2 saturated carbocycles. The van der Waals surface area contributed by atoms with Crippen LogP contribution in [0.1, 0.15) is 88.3 Å². The first-order chi connectivity index (χ1) is 18.0. The molecule has 1 unspecified atom stereocenters. The number of hydrogen-bond acceptors (Lipinski definition) is 6. The van der Waals surface area contributed by atoms with E-state index in [9.17, 15) is 14.7 Å². The van der Waals surface area contributed by atoms with Crippen LogP contribution in [0.15, 0.2) is 34.2 Å². The summed E-state index contributed by atoms with van der Waals surface area (Å²) in [6.45, 7) is 0. The lowest BCUT2D eigenvalue weighted by molar-refractivity contribution is -0.138. The lowest BCUT2D eigenvalue weighted by atomic mass is 9.69. The van der Waals surface area contributed by atoms with Crippen LogP contribution in [0.3, 0.4) is 0 Å². The molecule has 2 aliphatic carbocycles. The number of aliphatic carboxylic acids is 1. The molecule has 2 saturated heterocycles. The van der Waals surface area contributed by atoms with Crippen LogP contribution in [-0.4, -0.2) is 57.0 Å². The van der Waals surface area contributed by atoms with Crippen molar-refractivity contribution in [3.63, 3.8) is 0 Å². The molecule has 1 aromatic heterocycles. The van der Waals surface area contributed by atoms with E-state index in [2.05, 4.69) is 15.0 Å². The Morgan fingerprint density at radius 3 is 2.43 bits per heavy atom. The number of nitrogens with zero attached hydrogens (tertiary/aromatic N) is 4. The monoisotopic (exact) mass is 506 g/mol. The number of benzene rings is 1. The molecule has 2 aliphatic heterocycles. The summed E-state index contributed by atoms with van der Waals surface area (Å²) in [5.41, 5.74) is 1.28. The van der Waals surface area contributed by atoms with E-state index in [0.717, 1.165) is 30.2 Å². The van der Waals surface area contributed by atoms with E-state index in [0.29, 0.717) is 23.6 Å². The number of carboxylic acid groups (broad SMARTS) is 1. The van der Waals surface area contributed by atoms with Crippen LogP contribution in [0.5, 0.6) is 0 Å². The Hall–Kier alpha value is -2.74. The molecule has 3 heterocycles. The van der Waals surface area contributed by atoms with Crippen molar-refractivity contribution in [2.24, 2.45) is 17.0 Å². The smallest absolute Gasteiger partial charge is 0.313 e. The van der Waals surface area contributed by atoms with Crippen molar-refractivity contribution < 1.29 is 14.7 Å². The second-order valence-electron chi connectivity index (χ2n) is 11.7. The van der Waals surface area contributed by atoms with Crippen LogP contribution < -0.4 is 5.56 Å². The molecular formula is C29H38N4O4. The zero-order valence-corrected chi connectivity index (χ0v) is 21.7. The van der Waals surface area contributed by atoms with E-state index < -0.39 is 11.9 Å². The first kappa shape index (κ1) is 24.6. The standard InChI is InChI=1S/C29H38N4O4/c1-37-30-12-11-24(29(35)36)27-28(34)33(26-8-3-2-7-25(26)31-27)23-16-20-9-10-21(17-23)32(20)22-14-18-5-4-6-19(13-18)15-22/h2-3,7-8,12,18-24H,4-6,9-11,13-17H2,1H3,(H,35,36)/b30-12+/t18-,19-,20-,21-,24?/m1/s1. The first-order valence-electron chi connectivity index (χ1n) is 14.1. The number of oxime groups is 1. The van der Waals surface area contributed by atoms with Gasteiger partial charge in [0.2, 0.25) is 0 Å². The van der Waals surface area contributed by atoms with Crippen LogP contribution in [0.2, 0.25) is 0 Å². The molecule has 0 radical (unpaired) electrons. The van der Waals surface area contributed by atoms with Crippen LogP contribution in [0.4, 0.5) is 0 Å². The van der Waals surface area contributed by atoms with Crippen LogP contribution >= 0.6 is 0 Å². The van der Waals surface area contributed by atoms with Crippen molar-refractivity contribution >= 4 is 23.2 Å². The normalized spacial score (nSPS) is 32.6. The molecule has 8 heteroatoms. The molecule has 198 valence electrons. The third-order valence-corrected chi connectivity index (χ3v) is 9.62. The molecule has 1 aromatic carbocycles. The summed E-state index contributed by atoms with van der Waals surface area (Å²) in [6, 6.07) is 9.40. The molecule has 6 rings (SSSR count). The second-order valence-corrected chi connectivity index (χ2v) is 11.7. The zero-order valence-electron chi connectivity index (χ0n) is 21.7. The Bertz CT molecular complexity index is 1220. The molecular weight excluding hydrogens is 468 g/mol. The summed E-state index contributed by atoms with van der Waals surface area (Å²) in [5.74, 6) is -0.343. The Morgan fingerprint density at radius 1 is 1.05 bits per heavy atom. The SMILES string of the molecule is CO/N=C/CC(C(=O)O)c1nc2ccccc2n(C2C[C@H]3CC[C@H](C2)N3C2C[C@@H]3CCC[C@@H](C2)C3)c1=O. The van der Waals surface area contributed by atoms with Crippen molar-refractivity contribution in [1.82, 2.24) is 14.5 Å². The Morgan fingerprint density at radius 2 is 1.76 bits per heavy atom. The lowest BCUT2D eigenvalue weighted by Crippen LogP contribution is -2.52. The minimum absolute atomic E-state index is 0.0530. The Labute approximate surface area is 217 Å². The molecule has 5 atom stereocenters. The zero-order chi connectivity index (χ0) is 25.5. The summed E-state index contributed by atoms with van der Waals surface area (Å²) in [7, 11) is 1.41. The van der Waals surface area contributed by atoms with E-state index in [1.165, 1.54) is 64.7 Å². The van der Waals surface area contributed by atoms with Gasteiger partial charge in [0.05, 0.1) is 11.0 Å². The van der Waals surface area contributed by atoms with Crippen LogP contribution in [-0.2, 0) is 9.63 Å². The van der Waals surface area contributed by atoms with Crippen LogP contribution in [0.25, 0.3) is 11.0 Å². The predicted molar refractivity (Wildman–Crippen MR) is 142 cm³/mol. The van der Waals surface area contributed by atoms with Crippen molar-refractivity contribution in [3.05, 3.63) is 40.3 Å². The second kappa shape index (κ2) is 10.2. The number of piperidine rings is 1. The summed E-state index contributed by atoms with van der Waals surface area (Å²) in [6.07, 6.45) is 14.1. The van der Waals surface area contributed by atoms with Gasteiger partial charge in [-0.1, -0.05) is 36.6 Å². The molecule has 2 aromatic rings. The van der Waals surface area contributed by atoms with E-state index in [1.807, 2.05) is 28.8 Å². The lowest BCUT2D eigenvalue weighted by Gasteiger charge is -2.49. The number of aromatic nitrogens is 2. The topological polar surface area (TPSA) is 97.0 Å². The molecule has 4 fully saturated rings. The highest BCUT2D eigenvalue weighted by Gasteiger charge is 2.47. The van der Waals surface area contributed by atoms with Crippen molar-refractivity contribution in [3.8, 4) is 0 Å². The quantitative estimate of drug-likeness (QED) is 0.431. The summed E-state index contributed by atoms with van der Waals surface area (Å²) < 4.78 is 1.89. The summed E-state index contributed by atoms with van der Waals surface area (Å²) >= 11 is 0. The van der Waals surface area contributed by atoms with Gasteiger partial charge in [-0.25, -0.2) is 4.98 Å². The summed E-state index contributed by atoms with van der Waals surface area (Å²) in [5, 5.41) is 13.7. The minimum Gasteiger partial charge on any atom is -0.481 e. The highest BCUT2D eigenvalue weighted by molar-refractivity contribution is 5.81. The largest absolute Gasteiger partial charge is 0.481 e. The molecule has 4 bridgehead atoms. The fourth-order valence-electron chi connectivity index (χ4n) is 8.25. The number of para-hydroxylation sites is 2. The van der Waals surface area contributed by atoms with Gasteiger partial charge in [0, 0.05) is 36.8 Å². The average Bonchev–Trinajstić information content (AvgIpc) is 3.15. The third-order valence-electron chi connectivity index (χ3n) is 9.62. The highest BCUT2D eigenvalue weighted by Crippen LogP contribution is 2.48. The van der Waals surface area contributed by atoms with Crippen molar-refractivity contribution in [2.45, 2.75) is 101 Å². The van der Waals surface area contributed by atoms with Gasteiger partial charge in [-0.15, -0.1) is 0 Å². The maximum absolute atomic E-state index is 14.0. The molecule has 0 spiro atoms. The Balaban J connectivity index is 1.33. The van der Waals surface area contributed by atoms with E-state index >= 15 is 0 Å². The first-order valence-corrected chi connectivity index (χ1v) is 14.1. The van der Waals surface area contributed by atoms with E-state index in [4.69, 9.17) is 4.84 Å². The fraction of sp³-hybridized carbons (Fsp3) is 0.655. The van der Waals surface area contributed by atoms with Gasteiger partial charge < -0.3 is 14.5 Å². The maximum atomic E-state index is 14.0. The van der Waals surface area contributed by atoms with Gasteiger partial charge in [-0.3, -0.25) is 14.5 Å². The molecule has 37 heavy (non-hydrogen) atoms. The molecule has 0 amide bonds. The molecule has 1 N–H and O–H groups in total. The van der Waals surface area contributed by atoms with Crippen molar-refractivity contribution in [2.75, 3.05) is 7.11 Å². The van der Waals surface area contributed by atoms with Gasteiger partial charge in [-0.05, 0) is 68.9 Å². The van der Waals surface area contributed by atoms with Gasteiger partial charge in [0.25, 0.3) is 5.56 Å². The Kier molecular flexibility index (Phi) is 6.78. The van der Waals surface area contributed by atoms with Gasteiger partial charge in [0.15, 0.2) is 0 Å². The number of hydrogen-bond donors (Lipinski definition) is 1.